The summed E-state index contributed by atoms with van der Waals surface area (Å²) in [5.41, 5.74) is 4.21. The van der Waals surface area contributed by atoms with Gasteiger partial charge in [-0.05, 0) is 35.4 Å². The molecule has 1 N–H and O–H groups in total. The zero-order valence-electron chi connectivity index (χ0n) is 13.8. The second kappa shape index (κ2) is 6.04. The first kappa shape index (κ1) is 15.7. The van der Waals surface area contributed by atoms with Crippen LogP contribution in [0.1, 0.15) is 5.56 Å². The van der Waals surface area contributed by atoms with Gasteiger partial charge < -0.3 is 5.32 Å². The van der Waals surface area contributed by atoms with Crippen LogP contribution in [0.25, 0.3) is 27.7 Å². The maximum Gasteiger partial charge on any atom is 0.133 e. The summed E-state index contributed by atoms with van der Waals surface area (Å²) < 4.78 is 1.90. The van der Waals surface area contributed by atoms with Crippen LogP contribution >= 0.6 is 23.2 Å². The molecule has 1 aromatic heterocycles. The molecular formula is C21H15Cl2N3. The Morgan fingerprint density at radius 3 is 2.69 bits per heavy atom. The van der Waals surface area contributed by atoms with Gasteiger partial charge in [-0.2, -0.15) is 5.10 Å². The molecule has 1 aliphatic heterocycles. The summed E-state index contributed by atoms with van der Waals surface area (Å²) in [7, 11) is 0. The van der Waals surface area contributed by atoms with Crippen molar-refractivity contribution in [2.75, 3.05) is 11.9 Å². The van der Waals surface area contributed by atoms with Crippen molar-refractivity contribution < 1.29 is 0 Å². The predicted octanol–water partition coefficient (Wildman–Crippen LogP) is 5.97. The van der Waals surface area contributed by atoms with Gasteiger partial charge in [-0.15, -0.1) is 0 Å². The Hall–Kier alpha value is -2.49. The molecule has 0 fully saturated rings. The van der Waals surface area contributed by atoms with Crippen molar-refractivity contribution in [1.29, 1.82) is 0 Å². The van der Waals surface area contributed by atoms with Gasteiger partial charge in [0.2, 0.25) is 0 Å². The summed E-state index contributed by atoms with van der Waals surface area (Å²) in [6.45, 7) is 0.899. The molecule has 0 radical (unpaired) electrons. The fraction of sp³-hybridized carbons (Fsp3) is 0.0952. The number of hydrogen-bond donors (Lipinski definition) is 1. The molecule has 26 heavy (non-hydrogen) atoms. The van der Waals surface area contributed by atoms with Gasteiger partial charge in [0.15, 0.2) is 0 Å². The summed E-state index contributed by atoms with van der Waals surface area (Å²) in [5, 5.41) is 12.0. The average Bonchev–Trinajstić information content (AvgIpc) is 3.24. The molecule has 2 heterocycles. The first-order chi connectivity index (χ1) is 12.7. The van der Waals surface area contributed by atoms with E-state index in [4.69, 9.17) is 28.3 Å². The number of benzene rings is 3. The van der Waals surface area contributed by atoms with Gasteiger partial charge in [0.05, 0.1) is 16.4 Å². The average molecular weight is 380 g/mol. The lowest BCUT2D eigenvalue weighted by molar-refractivity contribution is 0.883. The summed E-state index contributed by atoms with van der Waals surface area (Å²) in [6, 6.07) is 20.2. The third-order valence-electron chi connectivity index (χ3n) is 4.83. The highest BCUT2D eigenvalue weighted by Crippen LogP contribution is 2.38. The van der Waals surface area contributed by atoms with Gasteiger partial charge in [0, 0.05) is 22.7 Å². The highest BCUT2D eigenvalue weighted by molar-refractivity contribution is 6.35. The molecule has 5 rings (SSSR count). The minimum Gasteiger partial charge on any atom is -0.369 e. The maximum absolute atomic E-state index is 6.44. The first-order valence-electron chi connectivity index (χ1n) is 8.52. The van der Waals surface area contributed by atoms with Crippen LogP contribution in [0.2, 0.25) is 10.0 Å². The van der Waals surface area contributed by atoms with Crippen molar-refractivity contribution in [3.63, 3.8) is 0 Å². The molecule has 0 aliphatic carbocycles. The normalized spacial score (nSPS) is 13.0. The Labute approximate surface area is 161 Å². The molecule has 0 saturated carbocycles. The van der Waals surface area contributed by atoms with Crippen molar-refractivity contribution in [3.8, 4) is 16.9 Å². The number of rotatable bonds is 2. The Bertz CT molecular complexity index is 1140. The van der Waals surface area contributed by atoms with Crippen LogP contribution in [-0.4, -0.2) is 16.3 Å². The summed E-state index contributed by atoms with van der Waals surface area (Å²) in [6.07, 6.45) is 0.944. The molecule has 3 nitrogen and oxygen atoms in total. The molecule has 3 aromatic carbocycles. The Balaban J connectivity index is 1.77. The molecule has 1 aliphatic rings. The van der Waals surface area contributed by atoms with E-state index in [9.17, 15) is 0 Å². The number of aromatic nitrogens is 2. The highest BCUT2D eigenvalue weighted by atomic mass is 35.5. The number of nitrogens with one attached hydrogen (secondary N) is 1. The van der Waals surface area contributed by atoms with Gasteiger partial charge in [-0.25, -0.2) is 4.68 Å². The quantitative estimate of drug-likeness (QED) is 0.465. The minimum absolute atomic E-state index is 0.584. The SMILES string of the molecule is Clc1ccc(-n2nc(-c3cccc4ccccc34)c3c2NCC3)c(Cl)c1. The largest absolute Gasteiger partial charge is 0.369 e. The number of nitrogens with zero attached hydrogens (tertiary/aromatic N) is 2. The third kappa shape index (κ3) is 2.39. The van der Waals surface area contributed by atoms with Crippen molar-refractivity contribution in [2.45, 2.75) is 6.42 Å². The maximum atomic E-state index is 6.44. The van der Waals surface area contributed by atoms with Crippen LogP contribution in [-0.2, 0) is 6.42 Å². The predicted molar refractivity (Wildman–Crippen MR) is 109 cm³/mol. The zero-order valence-corrected chi connectivity index (χ0v) is 15.3. The van der Waals surface area contributed by atoms with E-state index in [1.54, 1.807) is 6.07 Å². The van der Waals surface area contributed by atoms with E-state index in [1.165, 1.54) is 16.3 Å². The second-order valence-electron chi connectivity index (χ2n) is 6.39. The van der Waals surface area contributed by atoms with Crippen LogP contribution < -0.4 is 5.32 Å². The number of hydrogen-bond acceptors (Lipinski definition) is 2. The van der Waals surface area contributed by atoms with Crippen LogP contribution in [0, 0.1) is 0 Å². The van der Waals surface area contributed by atoms with E-state index < -0.39 is 0 Å². The van der Waals surface area contributed by atoms with Gasteiger partial charge in [-0.3, -0.25) is 0 Å². The highest BCUT2D eigenvalue weighted by Gasteiger charge is 2.25. The monoisotopic (exact) mass is 379 g/mol. The van der Waals surface area contributed by atoms with Crippen molar-refractivity contribution >= 4 is 39.8 Å². The Kier molecular flexibility index (Phi) is 3.66. The van der Waals surface area contributed by atoms with E-state index >= 15 is 0 Å². The van der Waals surface area contributed by atoms with Crippen LogP contribution in [0.5, 0.6) is 0 Å². The molecule has 0 bridgehead atoms. The van der Waals surface area contributed by atoms with Crippen LogP contribution in [0.15, 0.2) is 60.7 Å². The Morgan fingerprint density at radius 1 is 0.962 bits per heavy atom. The molecule has 0 amide bonds. The lowest BCUT2D eigenvalue weighted by Crippen LogP contribution is -2.04. The van der Waals surface area contributed by atoms with E-state index in [-0.39, 0.29) is 0 Å². The summed E-state index contributed by atoms with van der Waals surface area (Å²) >= 11 is 12.5. The molecule has 5 heteroatoms. The van der Waals surface area contributed by atoms with Gasteiger partial charge in [-0.1, -0.05) is 65.7 Å². The van der Waals surface area contributed by atoms with E-state index in [1.807, 2.05) is 16.8 Å². The smallest absolute Gasteiger partial charge is 0.133 e. The Morgan fingerprint density at radius 2 is 1.81 bits per heavy atom. The molecule has 4 aromatic rings. The minimum atomic E-state index is 0.584. The van der Waals surface area contributed by atoms with Crippen LogP contribution in [0.3, 0.4) is 0 Å². The number of halogens is 2. The van der Waals surface area contributed by atoms with E-state index in [0.29, 0.717) is 10.0 Å². The summed E-state index contributed by atoms with van der Waals surface area (Å²) in [4.78, 5) is 0. The second-order valence-corrected chi connectivity index (χ2v) is 7.23. The lowest BCUT2D eigenvalue weighted by Gasteiger charge is -2.09. The van der Waals surface area contributed by atoms with Gasteiger partial charge in [0.25, 0.3) is 0 Å². The fourth-order valence-corrected chi connectivity index (χ4v) is 4.14. The van der Waals surface area contributed by atoms with Crippen molar-refractivity contribution in [1.82, 2.24) is 9.78 Å². The summed E-state index contributed by atoms with van der Waals surface area (Å²) in [5.74, 6) is 1.01. The number of anilines is 1. The lowest BCUT2D eigenvalue weighted by atomic mass is 9.99. The molecular weight excluding hydrogens is 365 g/mol. The molecule has 0 atom stereocenters. The molecule has 0 unspecified atom stereocenters. The van der Waals surface area contributed by atoms with E-state index in [2.05, 4.69) is 47.8 Å². The fourth-order valence-electron chi connectivity index (χ4n) is 3.65. The van der Waals surface area contributed by atoms with Crippen LogP contribution in [0.4, 0.5) is 5.82 Å². The topological polar surface area (TPSA) is 29.9 Å². The molecule has 0 saturated heterocycles. The standard InChI is InChI=1S/C21H15Cl2N3/c22-14-8-9-19(18(23)12-14)26-21-17(10-11-24-21)20(25-26)16-7-3-5-13-4-1-2-6-15(13)16/h1-9,12,24H,10-11H2. The van der Waals surface area contributed by atoms with Gasteiger partial charge in [0.1, 0.15) is 5.82 Å². The van der Waals surface area contributed by atoms with E-state index in [0.717, 1.165) is 35.7 Å². The molecule has 128 valence electrons. The number of fused-ring (bicyclic) bond motifs is 2. The molecule has 0 spiro atoms. The zero-order chi connectivity index (χ0) is 17.7. The third-order valence-corrected chi connectivity index (χ3v) is 5.37. The van der Waals surface area contributed by atoms with Crippen molar-refractivity contribution in [2.24, 2.45) is 0 Å². The first-order valence-corrected chi connectivity index (χ1v) is 9.27. The van der Waals surface area contributed by atoms with Gasteiger partial charge >= 0.3 is 0 Å². The van der Waals surface area contributed by atoms with Crippen molar-refractivity contribution in [3.05, 3.63) is 76.3 Å².